The summed E-state index contributed by atoms with van der Waals surface area (Å²) in [7, 11) is 1.63. The summed E-state index contributed by atoms with van der Waals surface area (Å²) in [6, 6.07) is 10.4. The van der Waals surface area contributed by atoms with Crippen molar-refractivity contribution in [3.8, 4) is 5.75 Å². The van der Waals surface area contributed by atoms with E-state index >= 15 is 0 Å². The van der Waals surface area contributed by atoms with E-state index in [2.05, 4.69) is 33.3 Å². The molecule has 0 aliphatic heterocycles. The first-order valence-electron chi connectivity index (χ1n) is 2.97. The van der Waals surface area contributed by atoms with Gasteiger partial charge in [-0.15, -0.1) is 0 Å². The van der Waals surface area contributed by atoms with Gasteiger partial charge in [0.1, 0.15) is 5.75 Å². The van der Waals surface area contributed by atoms with Crippen molar-refractivity contribution in [1.29, 1.82) is 0 Å². The standard InChI is InChI=1S/C7H7O.2BrH.Zn/c1-8-7-5-3-2-4-6-7;;;/h2-5H,1H3;2*1H;/q;;;+2/p-2. The van der Waals surface area contributed by atoms with E-state index in [0.717, 1.165) is 5.75 Å². The molecule has 0 atom stereocenters. The number of benzene rings is 1. The molecule has 0 amide bonds. The second kappa shape index (κ2) is 8.70. The molecule has 11 heavy (non-hydrogen) atoms. The summed E-state index contributed by atoms with van der Waals surface area (Å²) < 4.78 is 4.86. The van der Waals surface area contributed by atoms with Crippen LogP contribution >= 0.6 is 27.2 Å². The summed E-state index contributed by atoms with van der Waals surface area (Å²) >= 11 is 6.25. The fourth-order valence-electron chi connectivity index (χ4n) is 0.504. The van der Waals surface area contributed by atoms with Crippen molar-refractivity contribution in [2.75, 3.05) is 7.11 Å². The number of halogens is 2. The molecule has 0 fully saturated rings. The van der Waals surface area contributed by atoms with Gasteiger partial charge in [0.2, 0.25) is 0 Å². The molecule has 1 aromatic rings. The Kier molecular flexibility index (Phi) is 9.17. The van der Waals surface area contributed by atoms with Gasteiger partial charge in [-0.25, -0.2) is 0 Å². The molecule has 0 bridgehead atoms. The Balaban J connectivity index is 0.000000292. The van der Waals surface area contributed by atoms with E-state index in [1.165, 1.54) is 0 Å². The van der Waals surface area contributed by atoms with Gasteiger partial charge in [0.25, 0.3) is 0 Å². The van der Waals surface area contributed by atoms with E-state index in [0.29, 0.717) is 0 Å². The van der Waals surface area contributed by atoms with E-state index in [1.807, 2.05) is 24.3 Å². The first-order chi connectivity index (χ1) is 5.35. The maximum absolute atomic E-state index is 4.86. The van der Waals surface area contributed by atoms with Gasteiger partial charge in [-0.2, -0.15) is 0 Å². The molecule has 0 N–H and O–H groups in total. The van der Waals surface area contributed by atoms with E-state index in [9.17, 15) is 0 Å². The molecule has 0 heterocycles. The number of hydrogen-bond acceptors (Lipinski definition) is 1. The molecule has 0 aliphatic carbocycles. The van der Waals surface area contributed by atoms with Crippen molar-refractivity contribution in [2.45, 2.75) is 0 Å². The van der Waals surface area contributed by atoms with Crippen LogP contribution in [0.15, 0.2) is 24.3 Å². The van der Waals surface area contributed by atoms with Crippen LogP contribution in [0.1, 0.15) is 0 Å². The van der Waals surface area contributed by atoms with Crippen molar-refractivity contribution in [3.05, 3.63) is 30.3 Å². The van der Waals surface area contributed by atoms with Crippen LogP contribution in [0.2, 0.25) is 0 Å². The fraction of sp³-hybridized carbons (Fsp3) is 0.143. The van der Waals surface area contributed by atoms with Crippen molar-refractivity contribution in [3.63, 3.8) is 0 Å². The molecule has 1 nitrogen and oxygen atoms in total. The average molecular weight is 332 g/mol. The maximum atomic E-state index is 4.86. The summed E-state index contributed by atoms with van der Waals surface area (Å²) in [6.45, 7) is 0. The molecule has 0 unspecified atom stereocenters. The van der Waals surface area contributed by atoms with Gasteiger partial charge in [0.05, 0.1) is 7.11 Å². The monoisotopic (exact) mass is 329 g/mol. The third-order valence-electron chi connectivity index (χ3n) is 0.900. The first-order valence-corrected chi connectivity index (χ1v) is 16.9. The Bertz CT molecular complexity index is 169. The van der Waals surface area contributed by atoms with Gasteiger partial charge in [-0.1, -0.05) is 18.2 Å². The van der Waals surface area contributed by atoms with Crippen LogP contribution in [-0.4, -0.2) is 7.11 Å². The van der Waals surface area contributed by atoms with Crippen LogP contribution in [0.5, 0.6) is 5.75 Å². The van der Waals surface area contributed by atoms with Crippen LogP contribution < -0.4 is 4.74 Å². The van der Waals surface area contributed by atoms with E-state index < -0.39 is 0 Å². The average Bonchev–Trinajstić information content (AvgIpc) is 2.08. The van der Waals surface area contributed by atoms with Gasteiger partial charge < -0.3 is 4.74 Å². The molecule has 0 saturated heterocycles. The minimum atomic E-state index is -0.250. The zero-order chi connectivity index (χ0) is 8.53. The third kappa shape index (κ3) is 6.98. The van der Waals surface area contributed by atoms with Gasteiger partial charge in [0, 0.05) is 6.07 Å². The quantitative estimate of drug-likeness (QED) is 0.718. The Labute approximate surface area is 87.8 Å². The number of methoxy groups -OCH3 is 1. The molecular formula is C7H7Br2OZn. The summed E-state index contributed by atoms with van der Waals surface area (Å²) in [5, 5.41) is 0. The molecule has 0 aliphatic rings. The van der Waals surface area contributed by atoms with E-state index in [1.54, 1.807) is 7.11 Å². The Hall–Kier alpha value is 0.603. The van der Waals surface area contributed by atoms with E-state index in [-0.39, 0.29) is 13.2 Å². The predicted octanol–water partition coefficient (Wildman–Crippen LogP) is 3.18. The molecule has 1 aromatic carbocycles. The number of hydrogen-bond donors (Lipinski definition) is 0. The van der Waals surface area contributed by atoms with Gasteiger partial charge in [-0.05, 0) is 6.07 Å². The molecule has 57 valence electrons. The third-order valence-corrected chi connectivity index (χ3v) is 0.900. The fourth-order valence-corrected chi connectivity index (χ4v) is 0.504. The molecular weight excluding hydrogens is 325 g/mol. The molecule has 0 aromatic heterocycles. The second-order valence-corrected chi connectivity index (χ2v) is 15.6. The topological polar surface area (TPSA) is 9.23 Å². The van der Waals surface area contributed by atoms with Crippen LogP contribution in [0.25, 0.3) is 0 Å². The second-order valence-electron chi connectivity index (χ2n) is 1.53. The van der Waals surface area contributed by atoms with Crippen molar-refractivity contribution >= 4 is 27.2 Å². The predicted molar refractivity (Wildman–Crippen MR) is 49.7 cm³/mol. The normalized spacial score (nSPS) is 7.18. The van der Waals surface area contributed by atoms with Gasteiger partial charge in [-0.3, -0.25) is 0 Å². The van der Waals surface area contributed by atoms with E-state index in [4.69, 9.17) is 4.74 Å². The number of ether oxygens (including phenoxy) is 1. The zero-order valence-corrected chi connectivity index (χ0v) is 12.3. The molecule has 0 spiro atoms. The SMILES string of the molecule is COc1[c]cccc1.[Br][Zn][Br]. The number of para-hydroxylation sites is 1. The molecule has 0 saturated carbocycles. The minimum absolute atomic E-state index is 0.250. The Morgan fingerprint density at radius 1 is 1.45 bits per heavy atom. The van der Waals surface area contributed by atoms with Crippen LogP contribution in [0, 0.1) is 6.07 Å². The Morgan fingerprint density at radius 3 is 2.36 bits per heavy atom. The summed E-state index contributed by atoms with van der Waals surface area (Å²) in [5.74, 6) is 0.785. The van der Waals surface area contributed by atoms with Crippen LogP contribution in [-0.2, 0) is 13.2 Å². The van der Waals surface area contributed by atoms with Crippen molar-refractivity contribution < 1.29 is 17.9 Å². The van der Waals surface area contributed by atoms with Crippen molar-refractivity contribution in [2.24, 2.45) is 0 Å². The summed E-state index contributed by atoms with van der Waals surface area (Å²) in [4.78, 5) is 0. The number of rotatable bonds is 1. The first kappa shape index (κ1) is 11.6. The van der Waals surface area contributed by atoms with Crippen LogP contribution in [0.3, 0.4) is 0 Å². The zero-order valence-electron chi connectivity index (χ0n) is 6.18. The van der Waals surface area contributed by atoms with Crippen molar-refractivity contribution in [1.82, 2.24) is 0 Å². The van der Waals surface area contributed by atoms with Gasteiger partial charge >= 0.3 is 40.5 Å². The summed E-state index contributed by atoms with van der Waals surface area (Å²) in [6.07, 6.45) is 0. The molecule has 1 rings (SSSR count). The molecule has 4 heteroatoms. The molecule has 1 radical (unpaired) electrons. The summed E-state index contributed by atoms with van der Waals surface area (Å²) in [5.41, 5.74) is 0. The van der Waals surface area contributed by atoms with Gasteiger partial charge in [0.15, 0.2) is 0 Å². The van der Waals surface area contributed by atoms with Crippen LogP contribution in [0.4, 0.5) is 0 Å². The Morgan fingerprint density at radius 2 is 2.09 bits per heavy atom.